The Kier molecular flexibility index (Phi) is 5.03. The number of phenols is 1. The monoisotopic (exact) mass is 316 g/mol. The number of rotatable bonds is 4. The van der Waals surface area contributed by atoms with Gasteiger partial charge in [-0.3, -0.25) is 9.59 Å². The Morgan fingerprint density at radius 3 is 2.35 bits per heavy atom. The van der Waals surface area contributed by atoms with Crippen LogP contribution in [0.2, 0.25) is 0 Å². The molecule has 0 heterocycles. The normalized spacial score (nSPS) is 9.83. The van der Waals surface area contributed by atoms with Crippen LogP contribution in [0, 0.1) is 0 Å². The third kappa shape index (κ3) is 4.13. The van der Waals surface area contributed by atoms with E-state index in [9.17, 15) is 14.7 Å². The number of hydrogen-bond donors (Lipinski definition) is 3. The average molecular weight is 316 g/mol. The predicted octanol–water partition coefficient (Wildman–Crippen LogP) is 1.99. The van der Waals surface area contributed by atoms with Crippen molar-refractivity contribution in [3.05, 3.63) is 42.5 Å². The molecule has 120 valence electrons. The van der Waals surface area contributed by atoms with Gasteiger partial charge in [-0.15, -0.1) is 0 Å². The second-order valence-electron chi connectivity index (χ2n) is 4.52. The molecule has 2 amide bonds. The molecule has 2 aromatic carbocycles. The van der Waals surface area contributed by atoms with Crippen molar-refractivity contribution in [2.75, 3.05) is 24.9 Å². The van der Waals surface area contributed by atoms with Gasteiger partial charge >= 0.3 is 11.8 Å². The summed E-state index contributed by atoms with van der Waals surface area (Å²) in [6.07, 6.45) is 0. The summed E-state index contributed by atoms with van der Waals surface area (Å²) < 4.78 is 10.2. The smallest absolute Gasteiger partial charge is 0.314 e. The summed E-state index contributed by atoms with van der Waals surface area (Å²) in [5.41, 5.74) is 0.616. The molecule has 0 aliphatic rings. The lowest BCUT2D eigenvalue weighted by atomic mass is 10.2. The van der Waals surface area contributed by atoms with Crippen molar-refractivity contribution in [3.63, 3.8) is 0 Å². The molecule has 2 aromatic rings. The van der Waals surface area contributed by atoms with Crippen LogP contribution in [0.5, 0.6) is 17.2 Å². The number of hydrogen-bond acceptors (Lipinski definition) is 5. The minimum Gasteiger partial charge on any atom is -0.508 e. The SMILES string of the molecule is COc1ccc(OC)c(NC(=O)C(=O)Nc2cccc(O)c2)c1. The second kappa shape index (κ2) is 7.17. The summed E-state index contributed by atoms with van der Waals surface area (Å²) in [5, 5.41) is 14.2. The van der Waals surface area contributed by atoms with Crippen molar-refractivity contribution in [1.29, 1.82) is 0 Å². The van der Waals surface area contributed by atoms with E-state index in [0.717, 1.165) is 0 Å². The third-order valence-electron chi connectivity index (χ3n) is 2.97. The Morgan fingerprint density at radius 1 is 0.957 bits per heavy atom. The van der Waals surface area contributed by atoms with Crippen LogP contribution in [0.1, 0.15) is 0 Å². The largest absolute Gasteiger partial charge is 0.508 e. The van der Waals surface area contributed by atoms with Gasteiger partial charge in [-0.2, -0.15) is 0 Å². The zero-order valence-electron chi connectivity index (χ0n) is 12.6. The van der Waals surface area contributed by atoms with E-state index in [0.29, 0.717) is 22.9 Å². The van der Waals surface area contributed by atoms with Gasteiger partial charge in [-0.25, -0.2) is 0 Å². The van der Waals surface area contributed by atoms with Crippen LogP contribution in [0.3, 0.4) is 0 Å². The number of carbonyl (C=O) groups is 2. The number of carbonyl (C=O) groups excluding carboxylic acids is 2. The first-order valence-electron chi connectivity index (χ1n) is 6.67. The van der Waals surface area contributed by atoms with Crippen LogP contribution in [-0.2, 0) is 9.59 Å². The second-order valence-corrected chi connectivity index (χ2v) is 4.52. The van der Waals surface area contributed by atoms with Gasteiger partial charge in [0.2, 0.25) is 0 Å². The topological polar surface area (TPSA) is 96.9 Å². The fraction of sp³-hybridized carbons (Fsp3) is 0.125. The molecule has 0 aromatic heterocycles. The first kappa shape index (κ1) is 16.2. The summed E-state index contributed by atoms with van der Waals surface area (Å²) >= 11 is 0. The summed E-state index contributed by atoms with van der Waals surface area (Å²) in [4.78, 5) is 23.9. The van der Waals surface area contributed by atoms with E-state index < -0.39 is 11.8 Å². The van der Waals surface area contributed by atoms with Gasteiger partial charge in [0.1, 0.15) is 17.2 Å². The minimum absolute atomic E-state index is 0.0160. The van der Waals surface area contributed by atoms with Crippen molar-refractivity contribution < 1.29 is 24.2 Å². The van der Waals surface area contributed by atoms with E-state index in [1.165, 1.54) is 26.4 Å². The Morgan fingerprint density at radius 2 is 1.70 bits per heavy atom. The first-order valence-corrected chi connectivity index (χ1v) is 6.67. The molecule has 7 heteroatoms. The molecule has 0 fully saturated rings. The molecular weight excluding hydrogens is 300 g/mol. The highest BCUT2D eigenvalue weighted by Crippen LogP contribution is 2.28. The molecule has 23 heavy (non-hydrogen) atoms. The minimum atomic E-state index is -0.875. The Labute approximate surface area is 132 Å². The Hall–Kier alpha value is -3.22. The van der Waals surface area contributed by atoms with E-state index in [1.54, 1.807) is 30.3 Å². The number of methoxy groups -OCH3 is 2. The summed E-state index contributed by atoms with van der Waals surface area (Å²) in [5.74, 6) is -0.864. The maximum absolute atomic E-state index is 12.0. The van der Waals surface area contributed by atoms with Crippen molar-refractivity contribution in [2.45, 2.75) is 0 Å². The molecule has 2 rings (SSSR count). The molecule has 0 bridgehead atoms. The highest BCUT2D eigenvalue weighted by Gasteiger charge is 2.16. The van der Waals surface area contributed by atoms with Crippen LogP contribution >= 0.6 is 0 Å². The third-order valence-corrected chi connectivity index (χ3v) is 2.97. The Balaban J connectivity index is 2.10. The number of phenolic OH excluding ortho intramolecular Hbond substituents is 1. The van der Waals surface area contributed by atoms with Gasteiger partial charge in [0, 0.05) is 17.8 Å². The van der Waals surface area contributed by atoms with Gasteiger partial charge in [0.25, 0.3) is 0 Å². The maximum atomic E-state index is 12.0. The van der Waals surface area contributed by atoms with Crippen LogP contribution < -0.4 is 20.1 Å². The molecule has 0 saturated carbocycles. The van der Waals surface area contributed by atoms with Crippen LogP contribution in [0.4, 0.5) is 11.4 Å². The molecule has 3 N–H and O–H groups in total. The predicted molar refractivity (Wildman–Crippen MR) is 84.9 cm³/mol. The van der Waals surface area contributed by atoms with Crippen molar-refractivity contribution in [1.82, 2.24) is 0 Å². The van der Waals surface area contributed by atoms with Gasteiger partial charge in [-0.05, 0) is 24.3 Å². The van der Waals surface area contributed by atoms with Crippen LogP contribution in [0.15, 0.2) is 42.5 Å². The number of benzene rings is 2. The standard InChI is InChI=1S/C16H16N2O5/c1-22-12-6-7-14(23-2)13(9-12)18-16(21)15(20)17-10-4-3-5-11(19)8-10/h3-9,19H,1-2H3,(H,17,20)(H,18,21). The number of anilines is 2. The molecule has 0 aliphatic heterocycles. The molecule has 0 aliphatic carbocycles. The van der Waals surface area contributed by atoms with E-state index in [2.05, 4.69) is 10.6 Å². The number of ether oxygens (including phenoxy) is 2. The van der Waals surface area contributed by atoms with Crippen LogP contribution in [-0.4, -0.2) is 31.1 Å². The molecular formula is C16H16N2O5. The van der Waals surface area contributed by atoms with Gasteiger partial charge in [0.15, 0.2) is 0 Å². The molecule has 0 radical (unpaired) electrons. The van der Waals surface area contributed by atoms with Crippen molar-refractivity contribution in [2.24, 2.45) is 0 Å². The first-order chi connectivity index (χ1) is 11.0. The lowest BCUT2D eigenvalue weighted by Gasteiger charge is -2.11. The molecule has 7 nitrogen and oxygen atoms in total. The highest BCUT2D eigenvalue weighted by atomic mass is 16.5. The summed E-state index contributed by atoms with van der Waals surface area (Å²) in [6.45, 7) is 0. The van der Waals surface area contributed by atoms with Crippen molar-refractivity contribution in [3.8, 4) is 17.2 Å². The van der Waals surface area contributed by atoms with Gasteiger partial charge in [0.05, 0.1) is 19.9 Å². The highest BCUT2D eigenvalue weighted by molar-refractivity contribution is 6.43. The molecule has 0 saturated heterocycles. The lowest BCUT2D eigenvalue weighted by molar-refractivity contribution is -0.133. The molecule has 0 atom stereocenters. The zero-order chi connectivity index (χ0) is 16.8. The summed E-state index contributed by atoms with van der Waals surface area (Å²) in [7, 11) is 2.94. The average Bonchev–Trinajstić information content (AvgIpc) is 2.54. The zero-order valence-corrected chi connectivity index (χ0v) is 12.6. The van der Waals surface area contributed by atoms with Crippen LogP contribution in [0.25, 0.3) is 0 Å². The maximum Gasteiger partial charge on any atom is 0.314 e. The van der Waals surface area contributed by atoms with E-state index in [4.69, 9.17) is 9.47 Å². The van der Waals surface area contributed by atoms with Gasteiger partial charge in [-0.1, -0.05) is 6.07 Å². The number of aromatic hydroxyl groups is 1. The van der Waals surface area contributed by atoms with Crippen molar-refractivity contribution >= 4 is 23.2 Å². The fourth-order valence-electron chi connectivity index (χ4n) is 1.86. The molecule has 0 unspecified atom stereocenters. The van der Waals surface area contributed by atoms with E-state index in [1.807, 2.05) is 0 Å². The van der Waals surface area contributed by atoms with E-state index >= 15 is 0 Å². The fourth-order valence-corrected chi connectivity index (χ4v) is 1.86. The Bertz CT molecular complexity index is 730. The quantitative estimate of drug-likeness (QED) is 0.750. The van der Waals surface area contributed by atoms with Gasteiger partial charge < -0.3 is 25.2 Å². The summed E-state index contributed by atoms with van der Waals surface area (Å²) in [6, 6.07) is 10.7. The number of nitrogens with one attached hydrogen (secondary N) is 2. The lowest BCUT2D eigenvalue weighted by Crippen LogP contribution is -2.29. The van der Waals surface area contributed by atoms with E-state index in [-0.39, 0.29) is 5.75 Å². The number of amides is 2. The molecule has 0 spiro atoms.